The van der Waals surface area contributed by atoms with Gasteiger partial charge in [-0.1, -0.05) is 5.21 Å². The summed E-state index contributed by atoms with van der Waals surface area (Å²) in [4.78, 5) is 10.3. The molecule has 0 unspecified atom stereocenters. The summed E-state index contributed by atoms with van der Waals surface area (Å²) in [5.74, 6) is -1.12. The van der Waals surface area contributed by atoms with Crippen LogP contribution in [0.5, 0.6) is 0 Å². The molecular formula is C6H9N3O3. The molecule has 12 heavy (non-hydrogen) atoms. The number of hydrogen-bond acceptors (Lipinski definition) is 4. The van der Waals surface area contributed by atoms with Crippen molar-refractivity contribution in [2.75, 3.05) is 0 Å². The molecule has 6 heteroatoms. The highest BCUT2D eigenvalue weighted by molar-refractivity contribution is 5.84. The largest absolute Gasteiger partial charge is 0.476 e. The van der Waals surface area contributed by atoms with Crippen LogP contribution in [-0.2, 0) is 6.54 Å². The molecule has 0 saturated heterocycles. The number of hydrogen-bond donors (Lipinski definition) is 2. The lowest BCUT2D eigenvalue weighted by Gasteiger charge is -2.00. The van der Waals surface area contributed by atoms with E-state index in [1.165, 1.54) is 10.9 Å². The molecule has 0 aliphatic rings. The van der Waals surface area contributed by atoms with E-state index < -0.39 is 12.1 Å². The third-order valence-electron chi connectivity index (χ3n) is 1.21. The number of carbonyl (C=O) groups is 1. The molecular weight excluding hydrogens is 162 g/mol. The van der Waals surface area contributed by atoms with Gasteiger partial charge in [-0.05, 0) is 6.92 Å². The first-order valence-corrected chi connectivity index (χ1v) is 3.41. The molecule has 0 aromatic carbocycles. The normalized spacial score (nSPS) is 12.8. The summed E-state index contributed by atoms with van der Waals surface area (Å²) < 4.78 is 1.29. The van der Waals surface area contributed by atoms with Crippen molar-refractivity contribution in [1.29, 1.82) is 0 Å². The Labute approximate surface area is 68.4 Å². The molecule has 0 aliphatic heterocycles. The predicted octanol–water partition coefficient (Wildman–Crippen LogP) is -0.643. The van der Waals surface area contributed by atoms with Crippen LogP contribution >= 0.6 is 0 Å². The van der Waals surface area contributed by atoms with Gasteiger partial charge < -0.3 is 10.2 Å². The van der Waals surface area contributed by atoms with Gasteiger partial charge in [0.2, 0.25) is 0 Å². The van der Waals surface area contributed by atoms with E-state index in [1.54, 1.807) is 6.92 Å². The molecule has 1 aromatic rings. The Balaban J connectivity index is 2.71. The standard InChI is InChI=1S/C6H9N3O3/c1-4(10)2-9-3-5(6(11)12)7-8-9/h3-4,10H,2H2,1H3,(H,11,12)/t4-/m1/s1. The summed E-state index contributed by atoms with van der Waals surface area (Å²) in [5, 5.41) is 24.2. The van der Waals surface area contributed by atoms with Crippen LogP contribution in [0.4, 0.5) is 0 Å². The second-order valence-electron chi connectivity index (χ2n) is 2.48. The Hall–Kier alpha value is -1.43. The van der Waals surface area contributed by atoms with Gasteiger partial charge in [0.25, 0.3) is 0 Å². The first-order chi connectivity index (χ1) is 5.59. The van der Waals surface area contributed by atoms with Crippen LogP contribution in [0.1, 0.15) is 17.4 Å². The Morgan fingerprint density at radius 3 is 2.92 bits per heavy atom. The minimum atomic E-state index is -1.12. The van der Waals surface area contributed by atoms with Crippen LogP contribution < -0.4 is 0 Å². The van der Waals surface area contributed by atoms with Gasteiger partial charge >= 0.3 is 5.97 Å². The summed E-state index contributed by atoms with van der Waals surface area (Å²) in [5.41, 5.74) is -0.115. The van der Waals surface area contributed by atoms with E-state index in [4.69, 9.17) is 10.2 Å². The van der Waals surface area contributed by atoms with Crippen LogP contribution in [0.15, 0.2) is 6.20 Å². The minimum absolute atomic E-state index is 0.115. The summed E-state index contributed by atoms with van der Waals surface area (Å²) in [6.07, 6.45) is 0.711. The van der Waals surface area contributed by atoms with Gasteiger partial charge in [-0.2, -0.15) is 0 Å². The molecule has 1 heterocycles. The fraction of sp³-hybridized carbons (Fsp3) is 0.500. The van der Waals surface area contributed by atoms with Crippen LogP contribution in [0.3, 0.4) is 0 Å². The smallest absolute Gasteiger partial charge is 0.358 e. The molecule has 0 amide bonds. The molecule has 1 rings (SSSR count). The molecule has 0 radical (unpaired) electrons. The maximum Gasteiger partial charge on any atom is 0.358 e. The molecule has 0 spiro atoms. The van der Waals surface area contributed by atoms with Crippen molar-refractivity contribution in [3.05, 3.63) is 11.9 Å². The van der Waals surface area contributed by atoms with E-state index in [1.807, 2.05) is 0 Å². The highest BCUT2D eigenvalue weighted by Crippen LogP contribution is 1.94. The van der Waals surface area contributed by atoms with Gasteiger partial charge in [0, 0.05) is 0 Å². The molecule has 0 bridgehead atoms. The quantitative estimate of drug-likeness (QED) is 0.631. The monoisotopic (exact) mass is 171 g/mol. The van der Waals surface area contributed by atoms with E-state index >= 15 is 0 Å². The Morgan fingerprint density at radius 1 is 1.83 bits per heavy atom. The number of nitrogens with zero attached hydrogens (tertiary/aromatic N) is 3. The number of aliphatic hydroxyl groups is 1. The van der Waals surface area contributed by atoms with Crippen LogP contribution in [0, 0.1) is 0 Å². The van der Waals surface area contributed by atoms with Crippen molar-refractivity contribution in [3.8, 4) is 0 Å². The van der Waals surface area contributed by atoms with E-state index in [0.717, 1.165) is 0 Å². The lowest BCUT2D eigenvalue weighted by molar-refractivity contribution is 0.0690. The van der Waals surface area contributed by atoms with Crippen LogP contribution in [0.2, 0.25) is 0 Å². The van der Waals surface area contributed by atoms with E-state index in [-0.39, 0.29) is 12.2 Å². The van der Waals surface area contributed by atoms with Crippen LogP contribution in [0.25, 0.3) is 0 Å². The molecule has 66 valence electrons. The summed E-state index contributed by atoms with van der Waals surface area (Å²) in [6.45, 7) is 1.84. The SMILES string of the molecule is C[C@@H](O)Cn1cc(C(=O)O)nn1. The number of carboxylic acids is 1. The zero-order valence-electron chi connectivity index (χ0n) is 6.51. The second-order valence-corrected chi connectivity index (χ2v) is 2.48. The number of aromatic carboxylic acids is 1. The Bertz CT molecular complexity index is 281. The van der Waals surface area contributed by atoms with Gasteiger partial charge in [0.05, 0.1) is 18.8 Å². The van der Waals surface area contributed by atoms with E-state index in [0.29, 0.717) is 0 Å². The van der Waals surface area contributed by atoms with E-state index in [2.05, 4.69) is 10.3 Å². The van der Waals surface area contributed by atoms with Crippen LogP contribution in [-0.4, -0.2) is 37.3 Å². The lowest BCUT2D eigenvalue weighted by atomic mass is 10.4. The average molecular weight is 171 g/mol. The van der Waals surface area contributed by atoms with Crippen molar-refractivity contribution >= 4 is 5.97 Å². The third kappa shape index (κ3) is 2.03. The maximum absolute atomic E-state index is 10.3. The second kappa shape index (κ2) is 3.31. The number of aromatic nitrogens is 3. The molecule has 0 saturated carbocycles. The van der Waals surface area contributed by atoms with Crippen molar-refractivity contribution in [2.45, 2.75) is 19.6 Å². The maximum atomic E-state index is 10.3. The summed E-state index contributed by atoms with van der Waals surface area (Å²) in [7, 11) is 0. The third-order valence-corrected chi connectivity index (χ3v) is 1.21. The fourth-order valence-electron chi connectivity index (χ4n) is 0.756. The highest BCUT2D eigenvalue weighted by Gasteiger charge is 2.08. The number of aliphatic hydroxyl groups excluding tert-OH is 1. The van der Waals surface area contributed by atoms with Gasteiger partial charge in [0.1, 0.15) is 0 Å². The molecule has 6 nitrogen and oxygen atoms in total. The highest BCUT2D eigenvalue weighted by atomic mass is 16.4. The fourth-order valence-corrected chi connectivity index (χ4v) is 0.756. The molecule has 0 fully saturated rings. The zero-order chi connectivity index (χ0) is 9.14. The lowest BCUT2D eigenvalue weighted by Crippen LogP contribution is -2.12. The van der Waals surface area contributed by atoms with Crippen molar-refractivity contribution in [3.63, 3.8) is 0 Å². The van der Waals surface area contributed by atoms with Crippen molar-refractivity contribution in [1.82, 2.24) is 15.0 Å². The molecule has 0 aliphatic carbocycles. The molecule has 2 N–H and O–H groups in total. The minimum Gasteiger partial charge on any atom is -0.476 e. The Kier molecular flexibility index (Phi) is 2.39. The first kappa shape index (κ1) is 8.66. The first-order valence-electron chi connectivity index (χ1n) is 3.41. The Morgan fingerprint density at radius 2 is 2.50 bits per heavy atom. The zero-order valence-corrected chi connectivity index (χ0v) is 6.51. The van der Waals surface area contributed by atoms with Gasteiger partial charge in [0.15, 0.2) is 5.69 Å². The predicted molar refractivity (Wildman–Crippen MR) is 38.7 cm³/mol. The molecule has 1 atom stereocenters. The molecule has 1 aromatic heterocycles. The number of carboxylic acid groups (broad SMARTS) is 1. The number of rotatable bonds is 3. The average Bonchev–Trinajstić information content (AvgIpc) is 2.34. The van der Waals surface area contributed by atoms with Gasteiger partial charge in [-0.25, -0.2) is 9.48 Å². The summed E-state index contributed by atoms with van der Waals surface area (Å²) >= 11 is 0. The van der Waals surface area contributed by atoms with E-state index in [9.17, 15) is 4.79 Å². The van der Waals surface area contributed by atoms with Gasteiger partial charge in [-0.3, -0.25) is 0 Å². The topological polar surface area (TPSA) is 88.2 Å². The van der Waals surface area contributed by atoms with Crippen molar-refractivity contribution < 1.29 is 15.0 Å². The summed E-state index contributed by atoms with van der Waals surface area (Å²) in [6, 6.07) is 0. The van der Waals surface area contributed by atoms with Gasteiger partial charge in [-0.15, -0.1) is 5.10 Å². The van der Waals surface area contributed by atoms with Crippen molar-refractivity contribution in [2.24, 2.45) is 0 Å².